The van der Waals surface area contributed by atoms with Crippen molar-refractivity contribution in [3.05, 3.63) is 35.4 Å². The van der Waals surface area contributed by atoms with Gasteiger partial charge in [0.1, 0.15) is 0 Å². The van der Waals surface area contributed by atoms with Crippen molar-refractivity contribution in [2.75, 3.05) is 20.3 Å². The van der Waals surface area contributed by atoms with E-state index in [0.29, 0.717) is 12.2 Å². The fourth-order valence-corrected chi connectivity index (χ4v) is 1.91. The van der Waals surface area contributed by atoms with E-state index in [1.807, 2.05) is 6.92 Å². The third kappa shape index (κ3) is 4.35. The fraction of sp³-hybridized carbons (Fsp3) is 0.571. The van der Waals surface area contributed by atoms with Gasteiger partial charge < -0.3 is 10.1 Å². The van der Waals surface area contributed by atoms with Gasteiger partial charge in [0.25, 0.3) is 0 Å². The van der Waals surface area contributed by atoms with Crippen molar-refractivity contribution in [2.24, 2.45) is 0 Å². The quantitative estimate of drug-likeness (QED) is 0.720. The first-order valence-corrected chi connectivity index (χ1v) is 6.37. The highest BCUT2D eigenvalue weighted by atomic mass is 19.2. The van der Waals surface area contributed by atoms with Crippen molar-refractivity contribution in [1.29, 1.82) is 0 Å². The molecule has 0 radical (unpaired) electrons. The van der Waals surface area contributed by atoms with Crippen LogP contribution in [0.2, 0.25) is 0 Å². The molecule has 1 aromatic carbocycles. The lowest BCUT2D eigenvalue weighted by Crippen LogP contribution is -2.23. The Hall–Kier alpha value is -1.00. The molecule has 1 N–H and O–H groups in total. The molecule has 0 heterocycles. The third-order valence-corrected chi connectivity index (χ3v) is 2.84. The van der Waals surface area contributed by atoms with Crippen LogP contribution in [0.1, 0.15) is 37.8 Å². The van der Waals surface area contributed by atoms with Gasteiger partial charge in [0, 0.05) is 25.3 Å². The Kier molecular flexibility index (Phi) is 6.83. The number of nitrogens with one attached hydrogen (secondary N) is 1. The number of ether oxygens (including phenoxy) is 1. The molecule has 1 unspecified atom stereocenters. The molecule has 0 aromatic heterocycles. The molecule has 0 aliphatic rings. The van der Waals surface area contributed by atoms with Gasteiger partial charge in [0.15, 0.2) is 11.6 Å². The molecule has 0 spiro atoms. The van der Waals surface area contributed by atoms with E-state index in [-0.39, 0.29) is 6.04 Å². The third-order valence-electron chi connectivity index (χ3n) is 2.84. The number of hydrogen-bond donors (Lipinski definition) is 1. The van der Waals surface area contributed by atoms with Crippen LogP contribution in [0.15, 0.2) is 18.2 Å². The van der Waals surface area contributed by atoms with Gasteiger partial charge in [-0.2, -0.15) is 0 Å². The zero-order chi connectivity index (χ0) is 13.4. The van der Waals surface area contributed by atoms with Crippen molar-refractivity contribution >= 4 is 0 Å². The first-order valence-electron chi connectivity index (χ1n) is 6.37. The average Bonchev–Trinajstić information content (AvgIpc) is 2.37. The zero-order valence-corrected chi connectivity index (χ0v) is 11.0. The minimum atomic E-state index is -0.789. The molecule has 1 rings (SSSR count). The summed E-state index contributed by atoms with van der Waals surface area (Å²) in [5, 5.41) is 3.25. The van der Waals surface area contributed by atoms with Crippen LogP contribution in [-0.2, 0) is 4.74 Å². The first-order chi connectivity index (χ1) is 8.70. The van der Waals surface area contributed by atoms with Crippen LogP contribution in [-0.4, -0.2) is 20.3 Å². The second-order valence-corrected chi connectivity index (χ2v) is 4.28. The average molecular weight is 257 g/mol. The van der Waals surface area contributed by atoms with Crippen LogP contribution in [0.25, 0.3) is 0 Å². The van der Waals surface area contributed by atoms with Gasteiger partial charge in [0.2, 0.25) is 0 Å². The van der Waals surface area contributed by atoms with Gasteiger partial charge in [-0.15, -0.1) is 0 Å². The Morgan fingerprint density at radius 1 is 1.33 bits per heavy atom. The summed E-state index contributed by atoms with van der Waals surface area (Å²) in [4.78, 5) is 0. The molecule has 2 nitrogen and oxygen atoms in total. The van der Waals surface area contributed by atoms with Crippen molar-refractivity contribution < 1.29 is 13.5 Å². The molecule has 1 aromatic rings. The minimum Gasteiger partial charge on any atom is -0.385 e. The summed E-state index contributed by atoms with van der Waals surface area (Å²) >= 11 is 0. The number of methoxy groups -OCH3 is 1. The number of benzene rings is 1. The summed E-state index contributed by atoms with van der Waals surface area (Å²) in [5.74, 6) is -1.54. The molecule has 1 atom stereocenters. The molecular formula is C14H21F2NO. The molecule has 4 heteroatoms. The highest BCUT2D eigenvalue weighted by molar-refractivity contribution is 5.22. The van der Waals surface area contributed by atoms with Crippen LogP contribution >= 0.6 is 0 Å². The Labute approximate surface area is 107 Å². The summed E-state index contributed by atoms with van der Waals surface area (Å²) in [7, 11) is 1.64. The lowest BCUT2D eigenvalue weighted by Gasteiger charge is -2.19. The maximum atomic E-state index is 13.7. The second kappa shape index (κ2) is 8.16. The molecule has 0 saturated heterocycles. The van der Waals surface area contributed by atoms with E-state index in [9.17, 15) is 8.78 Å². The van der Waals surface area contributed by atoms with E-state index in [0.717, 1.165) is 31.9 Å². The molecule has 102 valence electrons. The first kappa shape index (κ1) is 15.1. The monoisotopic (exact) mass is 257 g/mol. The topological polar surface area (TPSA) is 21.3 Å². The van der Waals surface area contributed by atoms with Crippen LogP contribution < -0.4 is 5.32 Å². The molecular weight excluding hydrogens is 236 g/mol. The Morgan fingerprint density at radius 2 is 2.11 bits per heavy atom. The van der Waals surface area contributed by atoms with Gasteiger partial charge in [0.05, 0.1) is 0 Å². The van der Waals surface area contributed by atoms with E-state index < -0.39 is 11.6 Å². The molecule has 0 aliphatic heterocycles. The van der Waals surface area contributed by atoms with Gasteiger partial charge in [-0.1, -0.05) is 19.1 Å². The fourth-order valence-electron chi connectivity index (χ4n) is 1.91. The summed E-state index contributed by atoms with van der Waals surface area (Å²) in [6.45, 7) is 3.45. The molecule has 0 fully saturated rings. The smallest absolute Gasteiger partial charge is 0.163 e. The molecule has 0 aliphatic carbocycles. The highest BCUT2D eigenvalue weighted by Gasteiger charge is 2.17. The predicted octanol–water partition coefficient (Wildman–Crippen LogP) is 3.43. The lowest BCUT2D eigenvalue weighted by molar-refractivity contribution is 0.188. The summed E-state index contributed by atoms with van der Waals surface area (Å²) < 4.78 is 32.0. The van der Waals surface area contributed by atoms with E-state index in [1.165, 1.54) is 0 Å². The molecule has 0 bridgehead atoms. The molecule has 0 saturated carbocycles. The van der Waals surface area contributed by atoms with E-state index in [1.54, 1.807) is 19.2 Å². The van der Waals surface area contributed by atoms with Gasteiger partial charge in [-0.05, 0) is 31.9 Å². The van der Waals surface area contributed by atoms with Gasteiger partial charge in [-0.25, -0.2) is 8.78 Å². The van der Waals surface area contributed by atoms with E-state index >= 15 is 0 Å². The number of rotatable bonds is 8. The Balaban J connectivity index is 2.76. The van der Waals surface area contributed by atoms with Crippen LogP contribution in [0, 0.1) is 11.6 Å². The Morgan fingerprint density at radius 3 is 2.78 bits per heavy atom. The normalized spacial score (nSPS) is 12.7. The second-order valence-electron chi connectivity index (χ2n) is 4.28. The van der Waals surface area contributed by atoms with Crippen LogP contribution in [0.4, 0.5) is 8.78 Å². The molecule has 18 heavy (non-hydrogen) atoms. The van der Waals surface area contributed by atoms with Crippen molar-refractivity contribution in [3.8, 4) is 0 Å². The number of halogens is 2. The van der Waals surface area contributed by atoms with Crippen molar-refractivity contribution in [3.63, 3.8) is 0 Å². The standard InChI is InChI=1S/C14H21F2NO/c1-3-9-17-13(8-5-10-18-2)11-6-4-7-12(15)14(11)16/h4,6-7,13,17H,3,5,8-10H2,1-2H3. The summed E-state index contributed by atoms with van der Waals surface area (Å²) in [6.07, 6.45) is 2.50. The maximum absolute atomic E-state index is 13.7. The van der Waals surface area contributed by atoms with E-state index in [4.69, 9.17) is 4.74 Å². The molecule has 0 amide bonds. The van der Waals surface area contributed by atoms with Crippen LogP contribution in [0.3, 0.4) is 0 Å². The van der Waals surface area contributed by atoms with E-state index in [2.05, 4.69) is 5.32 Å². The van der Waals surface area contributed by atoms with Crippen LogP contribution in [0.5, 0.6) is 0 Å². The summed E-state index contributed by atoms with van der Waals surface area (Å²) in [5.41, 5.74) is 0.402. The maximum Gasteiger partial charge on any atom is 0.163 e. The van der Waals surface area contributed by atoms with Crippen molar-refractivity contribution in [2.45, 2.75) is 32.2 Å². The largest absolute Gasteiger partial charge is 0.385 e. The SMILES string of the molecule is CCCNC(CCCOC)c1cccc(F)c1F. The highest BCUT2D eigenvalue weighted by Crippen LogP contribution is 2.23. The van der Waals surface area contributed by atoms with Gasteiger partial charge in [-0.3, -0.25) is 0 Å². The minimum absolute atomic E-state index is 0.157. The summed E-state index contributed by atoms with van der Waals surface area (Å²) in [6, 6.07) is 4.17. The van der Waals surface area contributed by atoms with Gasteiger partial charge >= 0.3 is 0 Å². The van der Waals surface area contributed by atoms with Crippen molar-refractivity contribution in [1.82, 2.24) is 5.32 Å². The predicted molar refractivity (Wildman–Crippen MR) is 68.5 cm³/mol. The Bertz CT molecular complexity index is 358. The number of hydrogen-bond acceptors (Lipinski definition) is 2. The lowest BCUT2D eigenvalue weighted by atomic mass is 10.0. The zero-order valence-electron chi connectivity index (χ0n) is 11.0.